The fourth-order valence-electron chi connectivity index (χ4n) is 4.43. The number of benzene rings is 2. The van der Waals surface area contributed by atoms with Crippen LogP contribution in [0.1, 0.15) is 25.3 Å². The Morgan fingerprint density at radius 2 is 1.47 bits per heavy atom. The Balaban J connectivity index is 2.19. The Morgan fingerprint density at radius 3 is 2.00 bits per heavy atom. The highest BCUT2D eigenvalue weighted by Gasteiger charge is 2.43. The number of anilines is 1. The predicted octanol–water partition coefficient (Wildman–Crippen LogP) is 1.61. The van der Waals surface area contributed by atoms with E-state index in [1.165, 1.54) is 31.9 Å². The number of carbonyl (C=O) groups is 4. The lowest BCUT2D eigenvalue weighted by atomic mass is 9.81. The highest BCUT2D eigenvalue weighted by atomic mass is 16.5. The molecular formula is C30H33N5O8. The second-order valence-electron chi connectivity index (χ2n) is 9.13. The third kappa shape index (κ3) is 7.62. The van der Waals surface area contributed by atoms with Crippen molar-refractivity contribution in [3.8, 4) is 17.6 Å². The van der Waals surface area contributed by atoms with Gasteiger partial charge in [-0.3, -0.25) is 14.5 Å². The number of hydrogen-bond donors (Lipinski definition) is 3. The quantitative estimate of drug-likeness (QED) is 0.241. The SMILES string of the molecule is COC(=O)C1=C(C(=O)OC)N(c2ccc(OCCNC(C)=O)c(OCCNC(C)=O)c2)C(N)=C(C#N)C1c1ccccc1. The molecule has 0 spiro atoms. The van der Waals surface area contributed by atoms with Crippen LogP contribution >= 0.6 is 0 Å². The normalized spacial score (nSPS) is 14.4. The fraction of sp³-hybridized carbons (Fsp3) is 0.300. The molecule has 13 nitrogen and oxygen atoms in total. The molecule has 2 amide bonds. The number of methoxy groups -OCH3 is 2. The number of nitrogens with one attached hydrogen (secondary N) is 2. The number of nitrogens with zero attached hydrogens (tertiary/aromatic N) is 2. The zero-order chi connectivity index (χ0) is 31.5. The summed E-state index contributed by atoms with van der Waals surface area (Å²) in [5.41, 5.74) is 6.97. The van der Waals surface area contributed by atoms with Crippen LogP contribution in [-0.2, 0) is 28.7 Å². The average Bonchev–Trinajstić information content (AvgIpc) is 3.00. The Kier molecular flexibility index (Phi) is 11.1. The minimum Gasteiger partial charge on any atom is -0.488 e. The van der Waals surface area contributed by atoms with E-state index in [1.807, 2.05) is 0 Å². The van der Waals surface area contributed by atoms with Gasteiger partial charge in [-0.2, -0.15) is 5.26 Å². The van der Waals surface area contributed by atoms with Gasteiger partial charge in [-0.25, -0.2) is 9.59 Å². The average molecular weight is 592 g/mol. The van der Waals surface area contributed by atoms with Crippen LogP contribution in [0.25, 0.3) is 0 Å². The number of nitrogens with two attached hydrogens (primary N) is 1. The molecule has 0 saturated carbocycles. The Morgan fingerprint density at radius 1 is 0.884 bits per heavy atom. The molecule has 0 aromatic heterocycles. The van der Waals surface area contributed by atoms with Crippen molar-refractivity contribution in [2.24, 2.45) is 5.73 Å². The summed E-state index contributed by atoms with van der Waals surface area (Å²) in [7, 11) is 2.32. The minimum atomic E-state index is -1.02. The second-order valence-corrected chi connectivity index (χ2v) is 9.13. The third-order valence-corrected chi connectivity index (χ3v) is 6.26. The standard InChI is InChI=1S/C30H33N5O8/c1-18(36)33-12-14-42-23-11-10-21(16-24(23)43-15-13-34-19(2)37)35-27(30(39)41-4)26(29(38)40-3)25(22(17-31)28(35)32)20-8-6-5-7-9-20/h5-11,16,25H,12-15,32H2,1-4H3,(H,33,36)(H,34,37). The third-order valence-electron chi connectivity index (χ3n) is 6.26. The number of rotatable bonds is 12. The van der Waals surface area contributed by atoms with Crippen molar-refractivity contribution in [2.75, 3.05) is 45.4 Å². The maximum atomic E-state index is 13.3. The highest BCUT2D eigenvalue weighted by molar-refractivity contribution is 6.06. The van der Waals surface area contributed by atoms with E-state index in [2.05, 4.69) is 16.7 Å². The Bertz CT molecular complexity index is 1480. The Hall–Kier alpha value is -5.51. The number of ether oxygens (including phenoxy) is 4. The fourth-order valence-corrected chi connectivity index (χ4v) is 4.43. The topological polar surface area (TPSA) is 182 Å². The molecule has 0 bridgehead atoms. The molecule has 0 saturated heterocycles. The van der Waals surface area contributed by atoms with Crippen LogP contribution in [0.5, 0.6) is 11.5 Å². The first-order valence-corrected chi connectivity index (χ1v) is 13.2. The first kappa shape index (κ1) is 32.0. The van der Waals surface area contributed by atoms with Crippen LogP contribution in [0, 0.1) is 11.3 Å². The van der Waals surface area contributed by atoms with Gasteiger partial charge in [-0.1, -0.05) is 30.3 Å². The van der Waals surface area contributed by atoms with E-state index in [0.717, 1.165) is 7.11 Å². The molecule has 0 aliphatic carbocycles. The molecule has 1 unspecified atom stereocenters. The van der Waals surface area contributed by atoms with Crippen molar-refractivity contribution in [1.82, 2.24) is 10.6 Å². The largest absolute Gasteiger partial charge is 0.488 e. The van der Waals surface area contributed by atoms with Gasteiger partial charge in [-0.15, -0.1) is 0 Å². The molecule has 0 radical (unpaired) electrons. The van der Waals surface area contributed by atoms with Gasteiger partial charge in [0, 0.05) is 19.9 Å². The number of carbonyl (C=O) groups excluding carboxylic acids is 4. The van der Waals surface area contributed by atoms with Gasteiger partial charge in [0.1, 0.15) is 24.7 Å². The van der Waals surface area contributed by atoms with E-state index in [1.54, 1.807) is 42.5 Å². The van der Waals surface area contributed by atoms with Crippen molar-refractivity contribution < 1.29 is 38.1 Å². The van der Waals surface area contributed by atoms with Crippen LogP contribution in [0.15, 0.2) is 71.2 Å². The summed E-state index contributed by atoms with van der Waals surface area (Å²) in [5.74, 6) is -2.86. The first-order chi connectivity index (χ1) is 20.6. The summed E-state index contributed by atoms with van der Waals surface area (Å²) in [6, 6.07) is 15.3. The lowest BCUT2D eigenvalue weighted by Gasteiger charge is -2.36. The molecule has 1 aliphatic heterocycles. The molecule has 2 aromatic carbocycles. The summed E-state index contributed by atoms with van der Waals surface area (Å²) in [6.45, 7) is 3.35. The van der Waals surface area contributed by atoms with Gasteiger partial charge in [-0.05, 0) is 17.7 Å². The highest BCUT2D eigenvalue weighted by Crippen LogP contribution is 2.44. The number of esters is 2. The summed E-state index contributed by atoms with van der Waals surface area (Å²) >= 11 is 0. The van der Waals surface area contributed by atoms with E-state index < -0.39 is 17.9 Å². The van der Waals surface area contributed by atoms with Crippen molar-refractivity contribution in [2.45, 2.75) is 19.8 Å². The molecule has 4 N–H and O–H groups in total. The molecule has 13 heteroatoms. The lowest BCUT2D eigenvalue weighted by Crippen LogP contribution is -2.40. The van der Waals surface area contributed by atoms with Crippen LogP contribution in [0.3, 0.4) is 0 Å². The van der Waals surface area contributed by atoms with E-state index >= 15 is 0 Å². The summed E-state index contributed by atoms with van der Waals surface area (Å²) in [4.78, 5) is 50.4. The molecule has 1 aliphatic rings. The number of amides is 2. The number of nitriles is 1. The molecule has 1 atom stereocenters. The van der Waals surface area contributed by atoms with Gasteiger partial charge >= 0.3 is 11.9 Å². The summed E-state index contributed by atoms with van der Waals surface area (Å²) in [6.07, 6.45) is 0. The lowest BCUT2D eigenvalue weighted by molar-refractivity contribution is -0.139. The summed E-state index contributed by atoms with van der Waals surface area (Å²) < 4.78 is 21.8. The monoisotopic (exact) mass is 591 g/mol. The van der Waals surface area contributed by atoms with Gasteiger partial charge in [0.2, 0.25) is 11.8 Å². The molecule has 0 fully saturated rings. The molecule has 3 rings (SSSR count). The molecule has 1 heterocycles. The minimum absolute atomic E-state index is 0.00279. The van der Waals surface area contributed by atoms with Gasteiger partial charge in [0.25, 0.3) is 0 Å². The number of allylic oxidation sites excluding steroid dienone is 1. The smallest absolute Gasteiger partial charge is 0.355 e. The zero-order valence-electron chi connectivity index (χ0n) is 24.3. The molecule has 43 heavy (non-hydrogen) atoms. The Labute approximate surface area is 248 Å². The zero-order valence-corrected chi connectivity index (χ0v) is 24.3. The summed E-state index contributed by atoms with van der Waals surface area (Å²) in [5, 5.41) is 15.5. The maximum Gasteiger partial charge on any atom is 0.355 e. The van der Waals surface area contributed by atoms with Crippen LogP contribution in [0.4, 0.5) is 5.69 Å². The van der Waals surface area contributed by atoms with E-state index in [4.69, 9.17) is 24.7 Å². The van der Waals surface area contributed by atoms with E-state index in [9.17, 15) is 24.4 Å². The first-order valence-electron chi connectivity index (χ1n) is 13.2. The molecular weight excluding hydrogens is 558 g/mol. The van der Waals surface area contributed by atoms with Crippen molar-refractivity contribution >= 4 is 29.4 Å². The van der Waals surface area contributed by atoms with Crippen LogP contribution in [0.2, 0.25) is 0 Å². The predicted molar refractivity (Wildman–Crippen MR) is 154 cm³/mol. The molecule has 226 valence electrons. The van der Waals surface area contributed by atoms with E-state index in [-0.39, 0.29) is 78.0 Å². The maximum absolute atomic E-state index is 13.3. The van der Waals surface area contributed by atoms with Crippen molar-refractivity contribution in [3.63, 3.8) is 0 Å². The molecule has 2 aromatic rings. The van der Waals surface area contributed by atoms with Crippen molar-refractivity contribution in [3.05, 3.63) is 76.8 Å². The van der Waals surface area contributed by atoms with Gasteiger partial charge in [0.05, 0.1) is 56.1 Å². The van der Waals surface area contributed by atoms with E-state index in [0.29, 0.717) is 5.56 Å². The van der Waals surface area contributed by atoms with Crippen LogP contribution in [-0.4, -0.2) is 64.3 Å². The second kappa shape index (κ2) is 14.9. The van der Waals surface area contributed by atoms with Crippen LogP contribution < -0.4 is 30.7 Å². The number of hydrogen-bond acceptors (Lipinski definition) is 11. The van der Waals surface area contributed by atoms with Crippen molar-refractivity contribution in [1.29, 1.82) is 5.26 Å². The van der Waals surface area contributed by atoms with Gasteiger partial charge < -0.3 is 35.3 Å². The van der Waals surface area contributed by atoms with Gasteiger partial charge in [0.15, 0.2) is 11.5 Å².